The van der Waals surface area contributed by atoms with Crippen molar-refractivity contribution < 1.29 is 0 Å². The van der Waals surface area contributed by atoms with Crippen LogP contribution in [0.3, 0.4) is 0 Å². The fraction of sp³-hybridized carbons (Fsp3) is 0. The fourth-order valence-electron chi connectivity index (χ4n) is 1.30. The Kier molecular flexibility index (Phi) is 4.57. The van der Waals surface area contributed by atoms with E-state index in [-0.39, 0.29) is 0 Å². The molecular formula is C12H7Cl4NS. The van der Waals surface area contributed by atoms with Gasteiger partial charge in [0.05, 0.1) is 20.1 Å². The molecule has 0 saturated carbocycles. The van der Waals surface area contributed by atoms with Gasteiger partial charge in [-0.15, -0.1) is 0 Å². The highest BCUT2D eigenvalue weighted by Crippen LogP contribution is 2.40. The summed E-state index contributed by atoms with van der Waals surface area (Å²) in [5.41, 5.74) is 6.25. The van der Waals surface area contributed by atoms with Gasteiger partial charge in [0.15, 0.2) is 0 Å². The molecule has 0 saturated heterocycles. The minimum atomic E-state index is 0.425. The van der Waals surface area contributed by atoms with Crippen LogP contribution in [0.4, 0.5) is 5.69 Å². The van der Waals surface area contributed by atoms with Crippen LogP contribution in [-0.4, -0.2) is 0 Å². The molecule has 0 aliphatic rings. The summed E-state index contributed by atoms with van der Waals surface area (Å²) in [6.07, 6.45) is 0. The molecule has 0 bridgehead atoms. The Morgan fingerprint density at radius 3 is 2.00 bits per heavy atom. The minimum Gasteiger partial charge on any atom is -0.399 e. The molecule has 2 aromatic rings. The number of hydrogen-bond donors (Lipinski definition) is 1. The Hall–Kier alpha value is -0.250. The van der Waals surface area contributed by atoms with Crippen LogP contribution in [0.2, 0.25) is 20.1 Å². The Morgan fingerprint density at radius 2 is 1.33 bits per heavy atom. The molecule has 0 aliphatic carbocycles. The van der Waals surface area contributed by atoms with E-state index in [1.807, 2.05) is 6.07 Å². The molecule has 2 rings (SSSR count). The summed E-state index contributed by atoms with van der Waals surface area (Å²) in [5, 5.41) is 1.98. The van der Waals surface area contributed by atoms with Crippen molar-refractivity contribution >= 4 is 63.9 Å². The van der Waals surface area contributed by atoms with Crippen LogP contribution in [-0.2, 0) is 0 Å². The van der Waals surface area contributed by atoms with E-state index >= 15 is 0 Å². The highest BCUT2D eigenvalue weighted by molar-refractivity contribution is 7.99. The zero-order valence-corrected chi connectivity index (χ0v) is 12.7. The number of rotatable bonds is 2. The summed E-state index contributed by atoms with van der Waals surface area (Å²) >= 11 is 25.4. The van der Waals surface area contributed by atoms with Gasteiger partial charge in [-0.2, -0.15) is 0 Å². The van der Waals surface area contributed by atoms with Crippen LogP contribution >= 0.6 is 58.2 Å². The predicted molar refractivity (Wildman–Crippen MR) is 81.5 cm³/mol. The standard InChI is InChI=1S/C12H7Cl4NS/c13-7-4-10(16)12(5-8(7)14)18-11-2-1-6(17)3-9(11)15/h1-5H,17H2. The fourth-order valence-corrected chi connectivity index (χ4v) is 3.20. The first kappa shape index (κ1) is 14.2. The van der Waals surface area contributed by atoms with Crippen LogP contribution in [0.1, 0.15) is 0 Å². The molecule has 0 amide bonds. The molecule has 0 aromatic heterocycles. The molecule has 0 radical (unpaired) electrons. The van der Waals surface area contributed by atoms with Gasteiger partial charge in [-0.1, -0.05) is 58.2 Å². The second-order valence-corrected chi connectivity index (χ2v) is 6.20. The van der Waals surface area contributed by atoms with Gasteiger partial charge in [-0.05, 0) is 30.3 Å². The molecule has 2 aromatic carbocycles. The lowest BCUT2D eigenvalue weighted by molar-refractivity contribution is 1.41. The molecule has 0 heterocycles. The SMILES string of the molecule is Nc1ccc(Sc2cc(Cl)c(Cl)cc2Cl)c(Cl)c1. The van der Waals surface area contributed by atoms with Gasteiger partial charge in [-0.3, -0.25) is 0 Å². The lowest BCUT2D eigenvalue weighted by Crippen LogP contribution is -1.85. The molecule has 0 unspecified atom stereocenters. The number of hydrogen-bond acceptors (Lipinski definition) is 2. The van der Waals surface area contributed by atoms with Gasteiger partial charge < -0.3 is 5.73 Å². The third-order valence-electron chi connectivity index (χ3n) is 2.15. The van der Waals surface area contributed by atoms with Crippen molar-refractivity contribution in [3.05, 3.63) is 50.4 Å². The summed E-state index contributed by atoms with van der Waals surface area (Å²) in [5.74, 6) is 0. The van der Waals surface area contributed by atoms with Crippen LogP contribution in [0.5, 0.6) is 0 Å². The van der Waals surface area contributed by atoms with Crippen LogP contribution in [0.25, 0.3) is 0 Å². The monoisotopic (exact) mass is 337 g/mol. The van der Waals surface area contributed by atoms with Crippen LogP contribution in [0.15, 0.2) is 40.1 Å². The van der Waals surface area contributed by atoms with Gasteiger partial charge in [-0.25, -0.2) is 0 Å². The zero-order valence-electron chi connectivity index (χ0n) is 8.88. The van der Waals surface area contributed by atoms with E-state index in [4.69, 9.17) is 52.1 Å². The van der Waals surface area contributed by atoms with Crippen molar-refractivity contribution in [2.75, 3.05) is 5.73 Å². The average Bonchev–Trinajstić information content (AvgIpc) is 2.29. The van der Waals surface area contributed by atoms with Crippen molar-refractivity contribution in [2.45, 2.75) is 9.79 Å². The Morgan fingerprint density at radius 1 is 0.722 bits per heavy atom. The first-order chi connectivity index (χ1) is 8.47. The van der Waals surface area contributed by atoms with E-state index in [2.05, 4.69) is 0 Å². The van der Waals surface area contributed by atoms with E-state index in [9.17, 15) is 0 Å². The van der Waals surface area contributed by atoms with E-state index in [1.54, 1.807) is 24.3 Å². The molecule has 6 heteroatoms. The maximum absolute atomic E-state index is 6.10. The quantitative estimate of drug-likeness (QED) is 0.534. The van der Waals surface area contributed by atoms with Gasteiger partial charge in [0.1, 0.15) is 0 Å². The average molecular weight is 339 g/mol. The van der Waals surface area contributed by atoms with Crippen molar-refractivity contribution in [3.63, 3.8) is 0 Å². The Labute approximate surface area is 129 Å². The molecule has 94 valence electrons. The Balaban J connectivity index is 2.37. The van der Waals surface area contributed by atoms with E-state index < -0.39 is 0 Å². The summed E-state index contributed by atoms with van der Waals surface area (Å²) in [7, 11) is 0. The second-order valence-electron chi connectivity index (χ2n) is 3.49. The third-order valence-corrected chi connectivity index (χ3v) is 4.86. The molecule has 0 atom stereocenters. The summed E-state index contributed by atoms with van der Waals surface area (Å²) < 4.78 is 0. The van der Waals surface area contributed by atoms with Crippen molar-refractivity contribution in [2.24, 2.45) is 0 Å². The first-order valence-electron chi connectivity index (χ1n) is 4.85. The van der Waals surface area contributed by atoms with Crippen molar-refractivity contribution in [1.29, 1.82) is 0 Å². The van der Waals surface area contributed by atoms with Crippen LogP contribution in [0, 0.1) is 0 Å². The van der Waals surface area contributed by atoms with E-state index in [0.29, 0.717) is 25.8 Å². The molecule has 0 fully saturated rings. The van der Waals surface area contributed by atoms with Crippen molar-refractivity contribution in [1.82, 2.24) is 0 Å². The number of anilines is 1. The van der Waals surface area contributed by atoms with Gasteiger partial charge in [0, 0.05) is 15.5 Å². The number of nitrogens with two attached hydrogens (primary N) is 1. The number of benzene rings is 2. The molecule has 0 spiro atoms. The Bertz CT molecular complexity index is 601. The van der Waals surface area contributed by atoms with Crippen LogP contribution < -0.4 is 5.73 Å². The minimum absolute atomic E-state index is 0.425. The normalized spacial score (nSPS) is 10.7. The second kappa shape index (κ2) is 5.81. The zero-order chi connectivity index (χ0) is 13.3. The van der Waals surface area contributed by atoms with E-state index in [1.165, 1.54) is 11.8 Å². The maximum Gasteiger partial charge on any atom is 0.0607 e. The molecule has 18 heavy (non-hydrogen) atoms. The van der Waals surface area contributed by atoms with Gasteiger partial charge in [0.25, 0.3) is 0 Å². The largest absolute Gasteiger partial charge is 0.399 e. The highest BCUT2D eigenvalue weighted by Gasteiger charge is 2.09. The summed E-state index contributed by atoms with van der Waals surface area (Å²) in [6.45, 7) is 0. The third kappa shape index (κ3) is 3.19. The molecular weight excluding hydrogens is 332 g/mol. The summed E-state index contributed by atoms with van der Waals surface area (Å²) in [4.78, 5) is 1.64. The van der Waals surface area contributed by atoms with Crippen molar-refractivity contribution in [3.8, 4) is 0 Å². The topological polar surface area (TPSA) is 26.0 Å². The lowest BCUT2D eigenvalue weighted by Gasteiger charge is -2.08. The highest BCUT2D eigenvalue weighted by atomic mass is 35.5. The lowest BCUT2D eigenvalue weighted by atomic mass is 10.3. The van der Waals surface area contributed by atoms with Gasteiger partial charge in [0.2, 0.25) is 0 Å². The predicted octanol–water partition coefficient (Wildman–Crippen LogP) is 6.03. The molecule has 2 N–H and O–H groups in total. The van der Waals surface area contributed by atoms with E-state index in [0.717, 1.165) is 9.79 Å². The summed E-state index contributed by atoms with van der Waals surface area (Å²) in [6, 6.07) is 8.62. The first-order valence-corrected chi connectivity index (χ1v) is 7.17. The maximum atomic E-state index is 6.10. The smallest absolute Gasteiger partial charge is 0.0607 e. The molecule has 1 nitrogen and oxygen atoms in total. The number of halogens is 4. The van der Waals surface area contributed by atoms with Gasteiger partial charge >= 0.3 is 0 Å². The molecule has 0 aliphatic heterocycles. The number of nitrogen functional groups attached to an aromatic ring is 1.